The Kier molecular flexibility index (Phi) is 8.31. The van der Waals surface area contributed by atoms with Crippen molar-refractivity contribution in [3.8, 4) is 0 Å². The summed E-state index contributed by atoms with van der Waals surface area (Å²) in [6.45, 7) is 5.03. The Bertz CT molecular complexity index is 410. The summed E-state index contributed by atoms with van der Waals surface area (Å²) in [5.41, 5.74) is 0.807. The highest BCUT2D eigenvalue weighted by Gasteiger charge is 2.18. The van der Waals surface area contributed by atoms with Crippen molar-refractivity contribution in [1.29, 1.82) is 0 Å². The van der Waals surface area contributed by atoms with Crippen LogP contribution in [0.3, 0.4) is 0 Å². The standard InChI is InChI=1S/C16H24BrF2N/c1-3-5-6-7-8-9-14(20-4-2)12-10-11-13(18)16(19)15(12)17/h10-11,14,20H,3-9H2,1-2H3. The van der Waals surface area contributed by atoms with Crippen LogP contribution >= 0.6 is 15.9 Å². The molecule has 0 aromatic heterocycles. The van der Waals surface area contributed by atoms with Crippen LogP contribution in [0.1, 0.15) is 64.0 Å². The molecule has 0 aliphatic carbocycles. The molecule has 0 fully saturated rings. The fourth-order valence-corrected chi connectivity index (χ4v) is 2.97. The average Bonchev–Trinajstić information content (AvgIpc) is 2.44. The van der Waals surface area contributed by atoms with Gasteiger partial charge in [-0.1, -0.05) is 52.0 Å². The number of nitrogens with one attached hydrogen (secondary N) is 1. The van der Waals surface area contributed by atoms with Crippen molar-refractivity contribution in [2.75, 3.05) is 6.54 Å². The van der Waals surface area contributed by atoms with Gasteiger partial charge in [-0.15, -0.1) is 0 Å². The van der Waals surface area contributed by atoms with Crippen LogP contribution in [0.4, 0.5) is 8.78 Å². The molecule has 114 valence electrons. The first-order valence-electron chi connectivity index (χ1n) is 7.48. The zero-order valence-electron chi connectivity index (χ0n) is 12.3. The van der Waals surface area contributed by atoms with Gasteiger partial charge < -0.3 is 5.32 Å². The normalized spacial score (nSPS) is 12.7. The summed E-state index contributed by atoms with van der Waals surface area (Å²) in [5.74, 6) is -1.60. The maximum Gasteiger partial charge on any atom is 0.173 e. The van der Waals surface area contributed by atoms with E-state index in [1.165, 1.54) is 31.7 Å². The van der Waals surface area contributed by atoms with Crippen LogP contribution in [0.2, 0.25) is 0 Å². The van der Waals surface area contributed by atoms with Gasteiger partial charge in [-0.25, -0.2) is 8.78 Å². The average molecular weight is 348 g/mol. The van der Waals surface area contributed by atoms with Gasteiger partial charge in [0.2, 0.25) is 0 Å². The molecule has 1 aromatic carbocycles. The van der Waals surface area contributed by atoms with Crippen LogP contribution in [-0.2, 0) is 0 Å². The van der Waals surface area contributed by atoms with Gasteiger partial charge in [0.25, 0.3) is 0 Å². The largest absolute Gasteiger partial charge is 0.310 e. The monoisotopic (exact) mass is 347 g/mol. The molecule has 0 saturated heterocycles. The Morgan fingerprint density at radius 3 is 2.45 bits per heavy atom. The summed E-state index contributed by atoms with van der Waals surface area (Å²) >= 11 is 3.18. The molecular formula is C16H24BrF2N. The molecule has 1 rings (SSSR count). The zero-order chi connectivity index (χ0) is 15.0. The predicted molar refractivity (Wildman–Crippen MR) is 83.9 cm³/mol. The molecular weight excluding hydrogens is 324 g/mol. The van der Waals surface area contributed by atoms with Gasteiger partial charge in [0, 0.05) is 6.04 Å². The lowest BCUT2D eigenvalue weighted by Gasteiger charge is -2.20. The third-order valence-electron chi connectivity index (χ3n) is 3.49. The molecule has 4 heteroatoms. The topological polar surface area (TPSA) is 12.0 Å². The summed E-state index contributed by atoms with van der Waals surface area (Å²) in [7, 11) is 0. The number of hydrogen-bond acceptors (Lipinski definition) is 1. The first kappa shape index (κ1) is 17.6. The molecule has 1 N–H and O–H groups in total. The molecule has 1 nitrogen and oxygen atoms in total. The van der Waals surface area contributed by atoms with Crippen molar-refractivity contribution in [1.82, 2.24) is 5.32 Å². The van der Waals surface area contributed by atoms with E-state index in [-0.39, 0.29) is 10.5 Å². The van der Waals surface area contributed by atoms with Crippen LogP contribution in [0.15, 0.2) is 16.6 Å². The molecule has 0 spiro atoms. The Hall–Kier alpha value is -0.480. The van der Waals surface area contributed by atoms with Crippen molar-refractivity contribution in [3.05, 3.63) is 33.8 Å². The first-order chi connectivity index (χ1) is 9.61. The van der Waals surface area contributed by atoms with E-state index in [9.17, 15) is 8.78 Å². The minimum atomic E-state index is -0.807. The Labute approximate surface area is 129 Å². The third-order valence-corrected chi connectivity index (χ3v) is 4.29. The van der Waals surface area contributed by atoms with E-state index < -0.39 is 11.6 Å². The second kappa shape index (κ2) is 9.46. The van der Waals surface area contributed by atoms with Gasteiger partial charge in [-0.2, -0.15) is 0 Å². The quantitative estimate of drug-likeness (QED) is 0.443. The smallest absolute Gasteiger partial charge is 0.173 e. The Morgan fingerprint density at radius 2 is 1.80 bits per heavy atom. The highest BCUT2D eigenvalue weighted by molar-refractivity contribution is 9.10. The molecule has 1 unspecified atom stereocenters. The fourth-order valence-electron chi connectivity index (χ4n) is 2.38. The fraction of sp³-hybridized carbons (Fsp3) is 0.625. The first-order valence-corrected chi connectivity index (χ1v) is 8.27. The molecule has 0 aliphatic heterocycles. The lowest BCUT2D eigenvalue weighted by Crippen LogP contribution is -2.21. The molecule has 0 heterocycles. The van der Waals surface area contributed by atoms with Crippen LogP contribution in [-0.4, -0.2) is 6.54 Å². The number of rotatable bonds is 9. The molecule has 0 bridgehead atoms. The van der Waals surface area contributed by atoms with E-state index in [0.717, 1.165) is 24.9 Å². The van der Waals surface area contributed by atoms with Gasteiger partial charge in [0.1, 0.15) is 0 Å². The van der Waals surface area contributed by atoms with E-state index in [2.05, 4.69) is 28.2 Å². The second-order valence-electron chi connectivity index (χ2n) is 5.08. The summed E-state index contributed by atoms with van der Waals surface area (Å²) in [6.07, 6.45) is 6.97. The highest BCUT2D eigenvalue weighted by Crippen LogP contribution is 2.30. The number of halogens is 3. The third kappa shape index (κ3) is 5.13. The van der Waals surface area contributed by atoms with E-state index >= 15 is 0 Å². The maximum atomic E-state index is 13.6. The van der Waals surface area contributed by atoms with Gasteiger partial charge in [-0.05, 0) is 40.5 Å². The van der Waals surface area contributed by atoms with Crippen molar-refractivity contribution in [2.24, 2.45) is 0 Å². The van der Waals surface area contributed by atoms with Crippen LogP contribution in [0, 0.1) is 11.6 Å². The lowest BCUT2D eigenvalue weighted by atomic mass is 9.99. The van der Waals surface area contributed by atoms with Crippen LogP contribution in [0.5, 0.6) is 0 Å². The van der Waals surface area contributed by atoms with Gasteiger partial charge in [0.05, 0.1) is 4.47 Å². The van der Waals surface area contributed by atoms with Crippen molar-refractivity contribution in [3.63, 3.8) is 0 Å². The molecule has 20 heavy (non-hydrogen) atoms. The highest BCUT2D eigenvalue weighted by atomic mass is 79.9. The predicted octanol–water partition coefficient (Wildman–Crippen LogP) is 5.74. The molecule has 0 aliphatic rings. The SMILES string of the molecule is CCCCCCCC(NCC)c1ccc(F)c(F)c1Br. The van der Waals surface area contributed by atoms with E-state index in [1.807, 2.05) is 6.92 Å². The van der Waals surface area contributed by atoms with Crippen LogP contribution < -0.4 is 5.32 Å². The Morgan fingerprint density at radius 1 is 1.10 bits per heavy atom. The van der Waals surface area contributed by atoms with E-state index in [4.69, 9.17) is 0 Å². The zero-order valence-corrected chi connectivity index (χ0v) is 13.9. The van der Waals surface area contributed by atoms with E-state index in [0.29, 0.717) is 0 Å². The maximum absolute atomic E-state index is 13.6. The lowest BCUT2D eigenvalue weighted by molar-refractivity contribution is 0.464. The van der Waals surface area contributed by atoms with Crippen molar-refractivity contribution < 1.29 is 8.78 Å². The molecule has 0 radical (unpaired) electrons. The molecule has 1 aromatic rings. The minimum Gasteiger partial charge on any atom is -0.310 e. The van der Waals surface area contributed by atoms with Gasteiger partial charge in [0.15, 0.2) is 11.6 Å². The van der Waals surface area contributed by atoms with E-state index in [1.54, 1.807) is 6.07 Å². The van der Waals surface area contributed by atoms with Gasteiger partial charge in [-0.3, -0.25) is 0 Å². The number of hydrogen-bond donors (Lipinski definition) is 1. The minimum absolute atomic E-state index is 0.0751. The summed E-state index contributed by atoms with van der Waals surface area (Å²) in [6, 6.07) is 2.95. The Balaban J connectivity index is 2.68. The number of benzene rings is 1. The summed E-state index contributed by atoms with van der Waals surface area (Å²) < 4.78 is 27.1. The molecule has 0 amide bonds. The van der Waals surface area contributed by atoms with Gasteiger partial charge >= 0.3 is 0 Å². The van der Waals surface area contributed by atoms with Crippen molar-refractivity contribution >= 4 is 15.9 Å². The number of unbranched alkanes of at least 4 members (excludes halogenated alkanes) is 4. The van der Waals surface area contributed by atoms with Crippen molar-refractivity contribution in [2.45, 2.75) is 58.4 Å². The van der Waals surface area contributed by atoms with Crippen LogP contribution in [0.25, 0.3) is 0 Å². The molecule has 0 saturated carbocycles. The summed E-state index contributed by atoms with van der Waals surface area (Å²) in [4.78, 5) is 0. The summed E-state index contributed by atoms with van der Waals surface area (Å²) in [5, 5.41) is 3.36. The molecule has 1 atom stereocenters. The second-order valence-corrected chi connectivity index (χ2v) is 5.87.